The fourth-order valence-corrected chi connectivity index (χ4v) is 2.53. The first-order valence-corrected chi connectivity index (χ1v) is 7.18. The van der Waals surface area contributed by atoms with Gasteiger partial charge in [0.2, 0.25) is 0 Å². The fourth-order valence-electron chi connectivity index (χ4n) is 2.53. The van der Waals surface area contributed by atoms with Crippen molar-refractivity contribution in [1.82, 2.24) is 0 Å². The highest BCUT2D eigenvalue weighted by Gasteiger charge is 2.12. The van der Waals surface area contributed by atoms with Crippen LogP contribution in [0, 0.1) is 0 Å². The van der Waals surface area contributed by atoms with Gasteiger partial charge in [0.05, 0.1) is 0 Å². The Morgan fingerprint density at radius 1 is 0.824 bits per heavy atom. The van der Waals surface area contributed by atoms with Gasteiger partial charge in [-0.15, -0.1) is 0 Å². The molecule has 2 aromatic heterocycles. The fraction of sp³-hybridized carbons (Fsp3) is 0.625. The Morgan fingerprint density at radius 2 is 1.35 bits per heavy atom. The second kappa shape index (κ2) is 6.09. The summed E-state index contributed by atoms with van der Waals surface area (Å²) in [5.74, 6) is 0. The van der Waals surface area contributed by atoms with E-state index in [2.05, 4.69) is 26.0 Å². The molecule has 1 heteroatoms. The van der Waals surface area contributed by atoms with Crippen LogP contribution in [0.4, 0.5) is 0 Å². The highest BCUT2D eigenvalue weighted by atomic mass is 16.3. The summed E-state index contributed by atoms with van der Waals surface area (Å²) in [7, 11) is 0. The molecule has 17 heavy (non-hydrogen) atoms. The molecule has 0 aliphatic carbocycles. The highest BCUT2D eigenvalue weighted by molar-refractivity contribution is 5.71. The summed E-state index contributed by atoms with van der Waals surface area (Å²) in [6, 6.07) is 4.46. The Morgan fingerprint density at radius 3 is 1.76 bits per heavy atom. The van der Waals surface area contributed by atoms with Gasteiger partial charge in [0.25, 0.3) is 0 Å². The van der Waals surface area contributed by atoms with Gasteiger partial charge < -0.3 is 4.42 Å². The molecule has 2 bridgehead atoms. The molecule has 0 aliphatic rings. The molecule has 2 heterocycles. The third kappa shape index (κ3) is 3.02. The minimum atomic E-state index is 1.08. The van der Waals surface area contributed by atoms with E-state index >= 15 is 0 Å². The summed E-state index contributed by atoms with van der Waals surface area (Å²) in [6.45, 7) is 4.51. The summed E-state index contributed by atoms with van der Waals surface area (Å²) < 4.78 is 5.81. The van der Waals surface area contributed by atoms with Crippen molar-refractivity contribution >= 4 is 11.2 Å². The van der Waals surface area contributed by atoms with E-state index in [-0.39, 0.29) is 0 Å². The van der Waals surface area contributed by atoms with Crippen LogP contribution in [-0.4, -0.2) is 0 Å². The summed E-state index contributed by atoms with van der Waals surface area (Å²) in [5.41, 5.74) is 5.18. The van der Waals surface area contributed by atoms with Crippen LogP contribution >= 0.6 is 0 Å². The maximum atomic E-state index is 5.81. The molecule has 0 spiro atoms. The van der Waals surface area contributed by atoms with Gasteiger partial charge in [-0.05, 0) is 48.9 Å². The van der Waals surface area contributed by atoms with Crippen LogP contribution < -0.4 is 0 Å². The number of unbranched alkanes of at least 4 members (excludes halogenated alkanes) is 4. The third-order valence-corrected chi connectivity index (χ3v) is 3.54. The molecule has 1 nitrogen and oxygen atoms in total. The van der Waals surface area contributed by atoms with E-state index in [4.69, 9.17) is 4.42 Å². The Bertz CT molecular complexity index is 393. The van der Waals surface area contributed by atoms with Gasteiger partial charge in [-0.1, -0.05) is 39.5 Å². The van der Waals surface area contributed by atoms with Gasteiger partial charge in [-0.3, -0.25) is 0 Å². The minimum absolute atomic E-state index is 1.08. The first-order chi connectivity index (χ1) is 8.35. The van der Waals surface area contributed by atoms with Crippen LogP contribution in [0.5, 0.6) is 0 Å². The lowest BCUT2D eigenvalue weighted by atomic mass is 10.0. The monoisotopic (exact) mass is 232 g/mol. The van der Waals surface area contributed by atoms with Crippen molar-refractivity contribution in [3.05, 3.63) is 23.3 Å². The lowest BCUT2D eigenvalue weighted by Gasteiger charge is -2.02. The topological polar surface area (TPSA) is 13.1 Å². The Balaban J connectivity index is 1.96. The van der Waals surface area contributed by atoms with Crippen LogP contribution in [0.2, 0.25) is 0 Å². The van der Waals surface area contributed by atoms with Crippen LogP contribution in [0.3, 0.4) is 0 Å². The van der Waals surface area contributed by atoms with E-state index in [1.165, 1.54) is 68.1 Å². The smallest absolute Gasteiger partial charge is 0.134 e. The van der Waals surface area contributed by atoms with E-state index in [1.54, 1.807) is 0 Å². The predicted molar refractivity (Wildman–Crippen MR) is 73.9 cm³/mol. The van der Waals surface area contributed by atoms with Crippen LogP contribution in [0.25, 0.3) is 11.2 Å². The molecule has 2 rings (SSSR count). The largest absolute Gasteiger partial charge is 0.457 e. The molecule has 0 saturated carbocycles. The van der Waals surface area contributed by atoms with Crippen molar-refractivity contribution in [2.75, 3.05) is 0 Å². The van der Waals surface area contributed by atoms with Crippen molar-refractivity contribution in [2.45, 2.75) is 65.2 Å². The van der Waals surface area contributed by atoms with Gasteiger partial charge >= 0.3 is 0 Å². The van der Waals surface area contributed by atoms with Crippen molar-refractivity contribution in [3.63, 3.8) is 0 Å². The summed E-state index contributed by atoms with van der Waals surface area (Å²) in [4.78, 5) is 0. The third-order valence-electron chi connectivity index (χ3n) is 3.54. The van der Waals surface area contributed by atoms with Crippen LogP contribution in [-0.2, 0) is 12.8 Å². The molecule has 0 amide bonds. The molecule has 0 aliphatic heterocycles. The van der Waals surface area contributed by atoms with Crippen molar-refractivity contribution in [2.24, 2.45) is 0 Å². The minimum Gasteiger partial charge on any atom is -0.457 e. The molecule has 0 atom stereocenters. The summed E-state index contributed by atoms with van der Waals surface area (Å²) in [5, 5.41) is 0. The summed E-state index contributed by atoms with van der Waals surface area (Å²) >= 11 is 0. The normalized spacial score (nSPS) is 11.6. The van der Waals surface area contributed by atoms with Gasteiger partial charge in [0.15, 0.2) is 0 Å². The number of hydrogen-bond donors (Lipinski definition) is 0. The molecular formula is C16H24O. The average Bonchev–Trinajstić information content (AvgIpc) is 2.89. The van der Waals surface area contributed by atoms with Crippen LogP contribution in [0.15, 0.2) is 16.5 Å². The zero-order valence-corrected chi connectivity index (χ0v) is 11.2. The van der Waals surface area contributed by atoms with E-state index < -0.39 is 0 Å². The zero-order chi connectivity index (χ0) is 12.1. The maximum absolute atomic E-state index is 5.81. The van der Waals surface area contributed by atoms with E-state index in [0.29, 0.717) is 0 Å². The lowest BCUT2D eigenvalue weighted by molar-refractivity contribution is 0.658. The molecule has 0 saturated heterocycles. The van der Waals surface area contributed by atoms with Crippen molar-refractivity contribution in [1.29, 1.82) is 0 Å². The van der Waals surface area contributed by atoms with Crippen LogP contribution in [0.1, 0.15) is 63.5 Å². The highest BCUT2D eigenvalue weighted by Crippen LogP contribution is 2.29. The number of rotatable bonds is 8. The van der Waals surface area contributed by atoms with Gasteiger partial charge in [0, 0.05) is 0 Å². The maximum Gasteiger partial charge on any atom is 0.134 e. The molecule has 0 unspecified atom stereocenters. The molecule has 0 N–H and O–H groups in total. The second-order valence-electron chi connectivity index (χ2n) is 5.09. The number of aryl methyl sites for hydroxylation is 2. The number of hydrogen-bond acceptors (Lipinski definition) is 1. The predicted octanol–water partition coefficient (Wildman–Crippen LogP) is 5.34. The van der Waals surface area contributed by atoms with Crippen molar-refractivity contribution < 1.29 is 4.42 Å². The van der Waals surface area contributed by atoms with Gasteiger partial charge in [-0.25, -0.2) is 0 Å². The Labute approximate surface area is 105 Å². The number of furan rings is 2. The molecule has 0 aromatic carbocycles. The number of benzene rings is 1. The lowest BCUT2D eigenvalue weighted by Crippen LogP contribution is -1.89. The van der Waals surface area contributed by atoms with E-state index in [9.17, 15) is 0 Å². The standard InChI is InChI=1S/C16H24O/c1-3-5-7-9-13-11-15-12-14(16(13)17-15)10-8-6-4-2/h11-12H,3-10H2,1-2H3. The zero-order valence-electron chi connectivity index (χ0n) is 11.2. The van der Waals surface area contributed by atoms with Gasteiger partial charge in [-0.2, -0.15) is 0 Å². The number of fused-ring (bicyclic) bond motifs is 2. The van der Waals surface area contributed by atoms with E-state index in [1.807, 2.05) is 0 Å². The average molecular weight is 232 g/mol. The molecule has 0 fully saturated rings. The quantitative estimate of drug-likeness (QED) is 0.560. The second-order valence-corrected chi connectivity index (χ2v) is 5.09. The van der Waals surface area contributed by atoms with Gasteiger partial charge in [0.1, 0.15) is 11.2 Å². The molecular weight excluding hydrogens is 208 g/mol. The molecule has 94 valence electrons. The Kier molecular flexibility index (Phi) is 4.47. The first kappa shape index (κ1) is 12.5. The molecule has 0 radical (unpaired) electrons. The molecule has 2 aromatic rings. The Hall–Kier alpha value is -0.980. The summed E-state index contributed by atoms with van der Waals surface area (Å²) in [6.07, 6.45) is 10.2. The van der Waals surface area contributed by atoms with Crippen molar-refractivity contribution in [3.8, 4) is 0 Å². The van der Waals surface area contributed by atoms with E-state index in [0.717, 1.165) is 5.58 Å². The SMILES string of the molecule is CCCCCc1cc2cc(CCCCC)c1o2. The first-order valence-electron chi connectivity index (χ1n) is 7.18.